The summed E-state index contributed by atoms with van der Waals surface area (Å²) in [6.07, 6.45) is 4.80. The van der Waals surface area contributed by atoms with E-state index >= 15 is 0 Å². The van der Waals surface area contributed by atoms with Crippen molar-refractivity contribution >= 4 is 28.3 Å². The zero-order valence-electron chi connectivity index (χ0n) is 16.0. The fraction of sp³-hybridized carbons (Fsp3) is 0.348. The number of aromatic nitrogens is 1. The highest BCUT2D eigenvalue weighted by Crippen LogP contribution is 2.31. The summed E-state index contributed by atoms with van der Waals surface area (Å²) in [6, 6.07) is 15.2. The van der Waals surface area contributed by atoms with E-state index in [0.29, 0.717) is 22.4 Å². The molecule has 1 fully saturated rings. The minimum Gasteiger partial charge on any atom is -0.486 e. The molecule has 0 amide bonds. The van der Waals surface area contributed by atoms with Crippen LogP contribution in [0.25, 0.3) is 10.9 Å². The maximum atomic E-state index is 14.1. The topological polar surface area (TPSA) is 25.4 Å². The fourth-order valence-corrected chi connectivity index (χ4v) is 4.15. The number of nitrogens with zero attached hydrogens (tertiary/aromatic N) is 2. The number of benzene rings is 2. The van der Waals surface area contributed by atoms with E-state index in [9.17, 15) is 4.39 Å². The summed E-state index contributed by atoms with van der Waals surface area (Å²) in [5.41, 5.74) is 1.16. The van der Waals surface area contributed by atoms with Crippen LogP contribution in [0.3, 0.4) is 0 Å². The Morgan fingerprint density at radius 3 is 2.82 bits per heavy atom. The zero-order chi connectivity index (χ0) is 19.5. The van der Waals surface area contributed by atoms with Gasteiger partial charge in [-0.05, 0) is 56.0 Å². The van der Waals surface area contributed by atoms with Gasteiger partial charge >= 0.3 is 0 Å². The minimum atomic E-state index is -0.361. The first-order valence-electron chi connectivity index (χ1n) is 9.89. The molecule has 0 bridgehead atoms. The van der Waals surface area contributed by atoms with Crippen LogP contribution in [0.1, 0.15) is 38.2 Å². The van der Waals surface area contributed by atoms with Crippen molar-refractivity contribution in [3.05, 3.63) is 64.9 Å². The molecule has 4 rings (SSSR count). The van der Waals surface area contributed by atoms with Gasteiger partial charge in [0.1, 0.15) is 29.5 Å². The Bertz CT molecular complexity index is 958. The third kappa shape index (κ3) is 3.79. The van der Waals surface area contributed by atoms with Gasteiger partial charge in [0.15, 0.2) is 0 Å². The SMILES string of the molecule is CCC1CCCCN1c1ccc2cccc(OCc3c(F)cccc3Cl)c2n1. The van der Waals surface area contributed by atoms with Crippen molar-refractivity contribution in [1.82, 2.24) is 4.98 Å². The van der Waals surface area contributed by atoms with Crippen LogP contribution in [0.4, 0.5) is 10.2 Å². The molecule has 1 atom stereocenters. The van der Waals surface area contributed by atoms with Gasteiger partial charge in [-0.2, -0.15) is 0 Å². The molecule has 2 aromatic carbocycles. The van der Waals surface area contributed by atoms with Gasteiger partial charge in [-0.1, -0.05) is 36.7 Å². The lowest BCUT2D eigenvalue weighted by atomic mass is 10.00. The van der Waals surface area contributed by atoms with Crippen LogP contribution in [-0.4, -0.2) is 17.6 Å². The maximum Gasteiger partial charge on any atom is 0.146 e. The van der Waals surface area contributed by atoms with Crippen molar-refractivity contribution in [2.75, 3.05) is 11.4 Å². The number of rotatable bonds is 5. The molecule has 1 aliphatic rings. The van der Waals surface area contributed by atoms with Crippen molar-refractivity contribution in [1.29, 1.82) is 0 Å². The van der Waals surface area contributed by atoms with Gasteiger partial charge in [-0.25, -0.2) is 9.37 Å². The predicted octanol–water partition coefficient (Wildman–Crippen LogP) is 6.38. The molecule has 3 nitrogen and oxygen atoms in total. The Hall–Kier alpha value is -2.33. The van der Waals surface area contributed by atoms with Crippen molar-refractivity contribution in [3.8, 4) is 5.75 Å². The Morgan fingerprint density at radius 2 is 2.00 bits per heavy atom. The average molecular weight is 399 g/mol. The van der Waals surface area contributed by atoms with E-state index in [1.165, 1.54) is 25.3 Å². The zero-order valence-corrected chi connectivity index (χ0v) is 16.8. The van der Waals surface area contributed by atoms with Crippen LogP contribution in [0.2, 0.25) is 5.02 Å². The van der Waals surface area contributed by atoms with E-state index in [2.05, 4.69) is 24.0 Å². The molecule has 1 aromatic heterocycles. The largest absolute Gasteiger partial charge is 0.486 e. The lowest BCUT2D eigenvalue weighted by Crippen LogP contribution is -2.39. The molecule has 0 N–H and O–H groups in total. The molecular weight excluding hydrogens is 375 g/mol. The van der Waals surface area contributed by atoms with E-state index in [0.717, 1.165) is 29.7 Å². The standard InChI is InChI=1S/C23H24ClFN2O/c1-2-17-8-3-4-14-27(17)22-13-12-16-7-5-11-21(23(16)26-22)28-15-18-19(24)9-6-10-20(18)25/h5-7,9-13,17H,2-4,8,14-15H2,1H3. The van der Waals surface area contributed by atoms with Gasteiger partial charge in [0.25, 0.3) is 0 Å². The van der Waals surface area contributed by atoms with Gasteiger partial charge in [0.05, 0.1) is 5.02 Å². The number of piperidine rings is 1. The molecule has 0 spiro atoms. The van der Waals surface area contributed by atoms with E-state index in [1.807, 2.05) is 18.2 Å². The first kappa shape index (κ1) is 19.0. The molecular formula is C23H24ClFN2O. The van der Waals surface area contributed by atoms with Crippen molar-refractivity contribution in [3.63, 3.8) is 0 Å². The van der Waals surface area contributed by atoms with E-state index < -0.39 is 0 Å². The molecule has 28 heavy (non-hydrogen) atoms. The summed E-state index contributed by atoms with van der Waals surface area (Å²) in [6.45, 7) is 3.33. The monoisotopic (exact) mass is 398 g/mol. The lowest BCUT2D eigenvalue weighted by Gasteiger charge is -2.36. The normalized spacial score (nSPS) is 17.1. The molecule has 1 saturated heterocycles. The van der Waals surface area contributed by atoms with Gasteiger partial charge in [-0.3, -0.25) is 0 Å². The summed E-state index contributed by atoms with van der Waals surface area (Å²) < 4.78 is 20.0. The fourth-order valence-electron chi connectivity index (χ4n) is 3.93. The van der Waals surface area contributed by atoms with Gasteiger partial charge in [0.2, 0.25) is 0 Å². The Kier molecular flexibility index (Phi) is 5.67. The Balaban J connectivity index is 1.65. The molecule has 0 saturated carbocycles. The highest BCUT2D eigenvalue weighted by molar-refractivity contribution is 6.31. The molecule has 3 aromatic rings. The second-order valence-electron chi connectivity index (χ2n) is 7.24. The molecule has 1 unspecified atom stereocenters. The van der Waals surface area contributed by atoms with Gasteiger partial charge in [0, 0.05) is 23.5 Å². The first-order chi connectivity index (χ1) is 13.7. The molecule has 146 valence electrons. The number of halogens is 2. The van der Waals surface area contributed by atoms with Gasteiger partial charge < -0.3 is 9.64 Å². The van der Waals surface area contributed by atoms with E-state index in [1.54, 1.807) is 12.1 Å². The quantitative estimate of drug-likeness (QED) is 0.499. The Morgan fingerprint density at radius 1 is 1.14 bits per heavy atom. The smallest absolute Gasteiger partial charge is 0.146 e. The van der Waals surface area contributed by atoms with Crippen LogP contribution >= 0.6 is 11.6 Å². The summed E-state index contributed by atoms with van der Waals surface area (Å²) in [5, 5.41) is 1.37. The van der Waals surface area contributed by atoms with E-state index in [-0.39, 0.29) is 12.4 Å². The van der Waals surface area contributed by atoms with Crippen LogP contribution in [0.15, 0.2) is 48.5 Å². The third-order valence-electron chi connectivity index (χ3n) is 5.49. The Labute approximate surface area is 170 Å². The second kappa shape index (κ2) is 8.36. The van der Waals surface area contributed by atoms with Crippen molar-refractivity contribution < 1.29 is 9.13 Å². The average Bonchev–Trinajstić information content (AvgIpc) is 2.73. The second-order valence-corrected chi connectivity index (χ2v) is 7.64. The molecule has 5 heteroatoms. The molecule has 1 aliphatic heterocycles. The van der Waals surface area contributed by atoms with Crippen LogP contribution < -0.4 is 9.64 Å². The van der Waals surface area contributed by atoms with Crippen molar-refractivity contribution in [2.45, 2.75) is 45.3 Å². The number of anilines is 1. The third-order valence-corrected chi connectivity index (χ3v) is 5.85. The maximum absolute atomic E-state index is 14.1. The number of para-hydroxylation sites is 1. The number of hydrogen-bond acceptors (Lipinski definition) is 3. The van der Waals surface area contributed by atoms with Crippen molar-refractivity contribution in [2.24, 2.45) is 0 Å². The predicted molar refractivity (Wildman–Crippen MR) is 113 cm³/mol. The summed E-state index contributed by atoms with van der Waals surface area (Å²) >= 11 is 6.13. The summed E-state index contributed by atoms with van der Waals surface area (Å²) in [4.78, 5) is 7.34. The summed E-state index contributed by atoms with van der Waals surface area (Å²) in [5.74, 6) is 1.27. The molecule has 2 heterocycles. The number of fused-ring (bicyclic) bond motifs is 1. The molecule has 0 radical (unpaired) electrons. The lowest BCUT2D eigenvalue weighted by molar-refractivity contribution is 0.303. The summed E-state index contributed by atoms with van der Waals surface area (Å²) in [7, 11) is 0. The van der Waals surface area contributed by atoms with E-state index in [4.69, 9.17) is 21.3 Å². The minimum absolute atomic E-state index is 0.0673. The number of ether oxygens (including phenoxy) is 1. The van der Waals surface area contributed by atoms with Crippen LogP contribution in [0.5, 0.6) is 5.75 Å². The molecule has 0 aliphatic carbocycles. The number of hydrogen-bond donors (Lipinski definition) is 0. The number of pyridine rings is 1. The van der Waals surface area contributed by atoms with Crippen LogP contribution in [0, 0.1) is 5.82 Å². The van der Waals surface area contributed by atoms with Gasteiger partial charge in [-0.15, -0.1) is 0 Å². The highest BCUT2D eigenvalue weighted by atomic mass is 35.5. The highest BCUT2D eigenvalue weighted by Gasteiger charge is 2.22. The first-order valence-corrected chi connectivity index (χ1v) is 10.3. The van der Waals surface area contributed by atoms with Crippen LogP contribution in [-0.2, 0) is 6.61 Å².